The molecule has 2 rings (SSSR count). The van der Waals surface area contributed by atoms with Crippen LogP contribution in [-0.4, -0.2) is 48.6 Å². The van der Waals surface area contributed by atoms with E-state index < -0.39 is 0 Å². The number of primary amides is 1. The first-order valence-corrected chi connectivity index (χ1v) is 8.71. The molecule has 22 heavy (non-hydrogen) atoms. The zero-order chi connectivity index (χ0) is 15.8. The Morgan fingerprint density at radius 2 is 1.36 bits per heavy atom. The Hall–Kier alpha value is -1.30. The Labute approximate surface area is 133 Å². The molecule has 6 heteroatoms. The third-order valence-electron chi connectivity index (χ3n) is 4.74. The summed E-state index contributed by atoms with van der Waals surface area (Å²) in [5, 5.41) is 6.22. The first-order chi connectivity index (χ1) is 10.6. The maximum atomic E-state index is 12.1. The molecule has 1 aliphatic carbocycles. The molecule has 1 saturated carbocycles. The van der Waals surface area contributed by atoms with Crippen LogP contribution in [0.2, 0.25) is 0 Å². The first kappa shape index (κ1) is 17.1. The molecular formula is C16H30N4O2. The number of carbonyl (C=O) groups excluding carboxylic acids is 2. The van der Waals surface area contributed by atoms with E-state index in [1.165, 1.54) is 32.1 Å². The van der Waals surface area contributed by atoms with Gasteiger partial charge in [-0.1, -0.05) is 32.1 Å². The number of nitrogens with zero attached hydrogens (tertiary/aromatic N) is 1. The predicted octanol–water partition coefficient (Wildman–Crippen LogP) is 1.35. The molecule has 0 unspecified atom stereocenters. The summed E-state index contributed by atoms with van der Waals surface area (Å²) in [7, 11) is 0. The SMILES string of the molecule is NC(=O)CN1CCC(NC(=O)NC2CCCCCCC2)CC1. The van der Waals surface area contributed by atoms with Crippen molar-refractivity contribution in [2.45, 2.75) is 69.9 Å². The summed E-state index contributed by atoms with van der Waals surface area (Å²) in [6.45, 7) is 1.95. The fraction of sp³-hybridized carbons (Fsp3) is 0.875. The molecule has 0 aromatic heterocycles. The maximum Gasteiger partial charge on any atom is 0.315 e. The highest BCUT2D eigenvalue weighted by Crippen LogP contribution is 2.17. The molecule has 6 nitrogen and oxygen atoms in total. The lowest BCUT2D eigenvalue weighted by Gasteiger charge is -2.32. The Morgan fingerprint density at radius 1 is 0.864 bits per heavy atom. The van der Waals surface area contributed by atoms with Crippen molar-refractivity contribution in [3.63, 3.8) is 0 Å². The van der Waals surface area contributed by atoms with Gasteiger partial charge in [0.05, 0.1) is 6.54 Å². The van der Waals surface area contributed by atoms with Gasteiger partial charge < -0.3 is 16.4 Å². The van der Waals surface area contributed by atoms with Crippen molar-refractivity contribution < 1.29 is 9.59 Å². The second kappa shape index (κ2) is 8.98. The van der Waals surface area contributed by atoms with Crippen LogP contribution in [0.25, 0.3) is 0 Å². The van der Waals surface area contributed by atoms with Crippen molar-refractivity contribution in [1.82, 2.24) is 15.5 Å². The van der Waals surface area contributed by atoms with E-state index in [0.29, 0.717) is 12.6 Å². The summed E-state index contributed by atoms with van der Waals surface area (Å²) in [6.07, 6.45) is 10.3. The number of amides is 3. The van der Waals surface area contributed by atoms with E-state index in [-0.39, 0.29) is 18.0 Å². The first-order valence-electron chi connectivity index (χ1n) is 8.71. The maximum absolute atomic E-state index is 12.1. The zero-order valence-electron chi connectivity index (χ0n) is 13.5. The summed E-state index contributed by atoms with van der Waals surface area (Å²) in [6, 6.07) is 0.506. The number of carbonyl (C=O) groups is 2. The van der Waals surface area contributed by atoms with Crippen LogP contribution < -0.4 is 16.4 Å². The highest BCUT2D eigenvalue weighted by atomic mass is 16.2. The molecular weight excluding hydrogens is 280 g/mol. The number of piperidine rings is 1. The molecule has 3 amide bonds. The van der Waals surface area contributed by atoms with Crippen molar-refractivity contribution in [1.29, 1.82) is 0 Å². The van der Waals surface area contributed by atoms with Crippen molar-refractivity contribution >= 4 is 11.9 Å². The Kier molecular flexibility index (Phi) is 6.96. The molecule has 126 valence electrons. The number of rotatable bonds is 4. The Balaban J connectivity index is 1.65. The molecule has 0 bridgehead atoms. The predicted molar refractivity (Wildman–Crippen MR) is 86.4 cm³/mol. The molecule has 0 atom stereocenters. The van der Waals surface area contributed by atoms with E-state index in [9.17, 15) is 9.59 Å². The van der Waals surface area contributed by atoms with E-state index in [4.69, 9.17) is 5.73 Å². The number of urea groups is 1. The molecule has 0 aromatic rings. The van der Waals surface area contributed by atoms with E-state index in [1.54, 1.807) is 0 Å². The van der Waals surface area contributed by atoms with Gasteiger partial charge in [-0.15, -0.1) is 0 Å². The van der Waals surface area contributed by atoms with Crippen LogP contribution in [0.15, 0.2) is 0 Å². The largest absolute Gasteiger partial charge is 0.369 e. The van der Waals surface area contributed by atoms with Gasteiger partial charge in [0.25, 0.3) is 0 Å². The normalized spacial score (nSPS) is 22.5. The number of nitrogens with two attached hydrogens (primary N) is 1. The van der Waals surface area contributed by atoms with Gasteiger partial charge in [-0.05, 0) is 25.7 Å². The summed E-state index contributed by atoms with van der Waals surface area (Å²) >= 11 is 0. The van der Waals surface area contributed by atoms with Gasteiger partial charge in [0.2, 0.25) is 5.91 Å². The lowest BCUT2D eigenvalue weighted by atomic mass is 9.97. The van der Waals surface area contributed by atoms with Gasteiger partial charge in [0.15, 0.2) is 0 Å². The molecule has 2 aliphatic rings. The minimum Gasteiger partial charge on any atom is -0.369 e. The summed E-state index contributed by atoms with van der Waals surface area (Å²) < 4.78 is 0. The molecule has 0 radical (unpaired) electrons. The van der Waals surface area contributed by atoms with Gasteiger partial charge in [-0.2, -0.15) is 0 Å². The van der Waals surface area contributed by atoms with Crippen molar-refractivity contribution in [2.75, 3.05) is 19.6 Å². The standard InChI is InChI=1S/C16H30N4O2/c17-15(21)12-20-10-8-14(9-11-20)19-16(22)18-13-6-4-2-1-3-5-7-13/h13-14H,1-12H2,(H2,17,21)(H2,18,19,22). The third-order valence-corrected chi connectivity index (χ3v) is 4.74. The molecule has 4 N–H and O–H groups in total. The second-order valence-corrected chi connectivity index (χ2v) is 6.68. The van der Waals surface area contributed by atoms with Gasteiger partial charge in [-0.25, -0.2) is 4.79 Å². The van der Waals surface area contributed by atoms with Crippen LogP contribution in [0.4, 0.5) is 4.79 Å². The zero-order valence-corrected chi connectivity index (χ0v) is 13.5. The number of hydrogen-bond acceptors (Lipinski definition) is 3. The molecule has 2 fully saturated rings. The lowest BCUT2D eigenvalue weighted by Crippen LogP contribution is -2.51. The van der Waals surface area contributed by atoms with Crippen LogP contribution >= 0.6 is 0 Å². The average Bonchev–Trinajstić information content (AvgIpc) is 2.43. The molecule has 0 aromatic carbocycles. The van der Waals surface area contributed by atoms with Crippen molar-refractivity contribution in [3.05, 3.63) is 0 Å². The van der Waals surface area contributed by atoms with E-state index >= 15 is 0 Å². The summed E-state index contributed by atoms with van der Waals surface area (Å²) in [5.41, 5.74) is 5.21. The van der Waals surface area contributed by atoms with Gasteiger partial charge in [0, 0.05) is 25.2 Å². The van der Waals surface area contributed by atoms with Crippen LogP contribution in [0.1, 0.15) is 57.8 Å². The summed E-state index contributed by atoms with van der Waals surface area (Å²) in [4.78, 5) is 25.1. The van der Waals surface area contributed by atoms with Crippen LogP contribution in [0.3, 0.4) is 0 Å². The molecule has 0 spiro atoms. The molecule has 1 heterocycles. The monoisotopic (exact) mass is 310 g/mol. The van der Waals surface area contributed by atoms with E-state index in [1.807, 2.05) is 4.90 Å². The van der Waals surface area contributed by atoms with Gasteiger partial charge in [0.1, 0.15) is 0 Å². The van der Waals surface area contributed by atoms with Crippen molar-refractivity contribution in [3.8, 4) is 0 Å². The van der Waals surface area contributed by atoms with E-state index in [2.05, 4.69) is 10.6 Å². The molecule has 1 saturated heterocycles. The Bertz CT molecular complexity index is 359. The number of likely N-dealkylation sites (tertiary alicyclic amines) is 1. The number of nitrogens with one attached hydrogen (secondary N) is 2. The minimum atomic E-state index is -0.284. The quantitative estimate of drug-likeness (QED) is 0.732. The van der Waals surface area contributed by atoms with Crippen molar-refractivity contribution in [2.24, 2.45) is 5.73 Å². The fourth-order valence-electron chi connectivity index (χ4n) is 3.47. The highest BCUT2D eigenvalue weighted by molar-refractivity contribution is 5.76. The average molecular weight is 310 g/mol. The smallest absolute Gasteiger partial charge is 0.315 e. The van der Waals surface area contributed by atoms with E-state index in [0.717, 1.165) is 38.8 Å². The molecule has 1 aliphatic heterocycles. The lowest BCUT2D eigenvalue weighted by molar-refractivity contribution is -0.119. The second-order valence-electron chi connectivity index (χ2n) is 6.68. The number of hydrogen-bond donors (Lipinski definition) is 3. The fourth-order valence-corrected chi connectivity index (χ4v) is 3.47. The topological polar surface area (TPSA) is 87.5 Å². The van der Waals surface area contributed by atoms with Crippen LogP contribution in [-0.2, 0) is 4.79 Å². The highest BCUT2D eigenvalue weighted by Gasteiger charge is 2.22. The van der Waals surface area contributed by atoms with Gasteiger partial charge in [-0.3, -0.25) is 9.69 Å². The van der Waals surface area contributed by atoms with Crippen LogP contribution in [0.5, 0.6) is 0 Å². The van der Waals surface area contributed by atoms with Crippen LogP contribution in [0, 0.1) is 0 Å². The Morgan fingerprint density at radius 3 is 1.91 bits per heavy atom. The minimum absolute atomic E-state index is 0.0288. The van der Waals surface area contributed by atoms with Gasteiger partial charge >= 0.3 is 6.03 Å². The summed E-state index contributed by atoms with van der Waals surface area (Å²) in [5.74, 6) is -0.284. The third kappa shape index (κ3) is 6.22.